The number of hydrogen-bond acceptors (Lipinski definition) is 3. The predicted octanol–water partition coefficient (Wildman–Crippen LogP) is -0.682. The van der Waals surface area contributed by atoms with Crippen LogP contribution in [0.15, 0.2) is 0 Å². The van der Waals surface area contributed by atoms with Crippen molar-refractivity contribution in [1.29, 1.82) is 0 Å². The lowest BCUT2D eigenvalue weighted by Gasteiger charge is -2.28. The summed E-state index contributed by atoms with van der Waals surface area (Å²) >= 11 is 0. The van der Waals surface area contributed by atoms with Crippen molar-refractivity contribution in [2.75, 3.05) is 20.6 Å². The maximum absolute atomic E-state index is 11.9. The first-order valence-electron chi connectivity index (χ1n) is 5.14. The Bertz CT molecular complexity index is 272. The summed E-state index contributed by atoms with van der Waals surface area (Å²) in [5, 5.41) is 2.47. The van der Waals surface area contributed by atoms with Crippen molar-refractivity contribution in [3.8, 4) is 0 Å². The molecule has 0 saturated heterocycles. The van der Waals surface area contributed by atoms with Gasteiger partial charge in [-0.15, -0.1) is 0 Å². The van der Waals surface area contributed by atoms with Gasteiger partial charge in [0.25, 0.3) is 0 Å². The van der Waals surface area contributed by atoms with Gasteiger partial charge in [0.1, 0.15) is 0 Å². The van der Waals surface area contributed by atoms with E-state index in [4.69, 9.17) is 5.73 Å². The smallest absolute Gasteiger partial charge is 0.242 e. The summed E-state index contributed by atoms with van der Waals surface area (Å²) in [7, 11) is 3.15. The van der Waals surface area contributed by atoms with Crippen LogP contribution in [-0.4, -0.2) is 42.9 Å². The first-order chi connectivity index (χ1) is 6.89. The van der Waals surface area contributed by atoms with Crippen molar-refractivity contribution in [2.45, 2.75) is 25.3 Å². The van der Waals surface area contributed by atoms with E-state index in [0.29, 0.717) is 0 Å². The largest absolute Gasteiger partial charge is 0.358 e. The van der Waals surface area contributed by atoms with E-state index in [1.165, 1.54) is 4.90 Å². The number of hydrogen-bond donors (Lipinski definition) is 2. The summed E-state index contributed by atoms with van der Waals surface area (Å²) in [6, 6.07) is 0. The minimum Gasteiger partial charge on any atom is -0.358 e. The number of nitrogens with two attached hydrogens (primary N) is 1. The van der Waals surface area contributed by atoms with Crippen LogP contribution in [0.5, 0.6) is 0 Å². The van der Waals surface area contributed by atoms with E-state index >= 15 is 0 Å². The highest BCUT2D eigenvalue weighted by Gasteiger charge is 2.45. The van der Waals surface area contributed by atoms with Crippen LogP contribution in [0, 0.1) is 5.92 Å². The van der Waals surface area contributed by atoms with E-state index in [1.54, 1.807) is 21.0 Å². The maximum Gasteiger partial charge on any atom is 0.242 e. The fraction of sp³-hybridized carbons (Fsp3) is 0.800. The monoisotopic (exact) mass is 213 g/mol. The van der Waals surface area contributed by atoms with Crippen LogP contribution in [0.2, 0.25) is 0 Å². The van der Waals surface area contributed by atoms with Gasteiger partial charge in [-0.3, -0.25) is 9.59 Å². The van der Waals surface area contributed by atoms with Crippen LogP contribution >= 0.6 is 0 Å². The molecule has 1 aliphatic carbocycles. The van der Waals surface area contributed by atoms with Crippen molar-refractivity contribution in [3.05, 3.63) is 0 Å². The number of nitrogens with zero attached hydrogens (tertiary/aromatic N) is 1. The van der Waals surface area contributed by atoms with Gasteiger partial charge in [0.05, 0.1) is 12.1 Å². The fourth-order valence-corrected chi connectivity index (χ4v) is 1.64. The molecule has 0 radical (unpaired) electrons. The quantitative estimate of drug-likeness (QED) is 0.649. The Balaban J connectivity index is 2.55. The molecule has 0 heterocycles. The van der Waals surface area contributed by atoms with Gasteiger partial charge in [0.15, 0.2) is 0 Å². The van der Waals surface area contributed by atoms with Crippen molar-refractivity contribution in [3.63, 3.8) is 0 Å². The van der Waals surface area contributed by atoms with Crippen molar-refractivity contribution in [1.82, 2.24) is 10.2 Å². The molecule has 5 nitrogen and oxygen atoms in total. The number of carbonyl (C=O) groups is 2. The zero-order chi connectivity index (χ0) is 11.6. The molecule has 0 aromatic heterocycles. The van der Waals surface area contributed by atoms with Gasteiger partial charge in [0.2, 0.25) is 11.8 Å². The number of carbonyl (C=O) groups excluding carboxylic acids is 2. The predicted molar refractivity (Wildman–Crippen MR) is 57.0 cm³/mol. The van der Waals surface area contributed by atoms with Crippen LogP contribution in [-0.2, 0) is 9.59 Å². The van der Waals surface area contributed by atoms with Gasteiger partial charge in [-0.1, -0.05) is 0 Å². The minimum atomic E-state index is -0.817. The van der Waals surface area contributed by atoms with E-state index < -0.39 is 5.54 Å². The summed E-state index contributed by atoms with van der Waals surface area (Å²) in [5.41, 5.74) is 5.14. The van der Waals surface area contributed by atoms with Gasteiger partial charge in [0, 0.05) is 14.1 Å². The lowest BCUT2D eigenvalue weighted by molar-refractivity contribution is -0.139. The molecule has 0 aliphatic heterocycles. The number of nitrogens with one attached hydrogen (secondary N) is 1. The molecule has 0 spiro atoms. The van der Waals surface area contributed by atoms with Crippen LogP contribution in [0.3, 0.4) is 0 Å². The topological polar surface area (TPSA) is 75.4 Å². The molecule has 0 aromatic carbocycles. The minimum absolute atomic E-state index is 0.0643. The molecule has 1 rings (SSSR count). The SMILES string of the molecule is CNC(=O)CN(C)C(=O)C(C)(N)C1CC1. The molecule has 2 amide bonds. The molecule has 1 aliphatic rings. The molecule has 86 valence electrons. The van der Waals surface area contributed by atoms with Crippen molar-refractivity contribution < 1.29 is 9.59 Å². The lowest BCUT2D eigenvalue weighted by Crippen LogP contribution is -2.55. The average molecular weight is 213 g/mol. The fourth-order valence-electron chi connectivity index (χ4n) is 1.64. The van der Waals surface area contributed by atoms with Gasteiger partial charge in [-0.05, 0) is 25.7 Å². The Kier molecular flexibility index (Phi) is 3.34. The summed E-state index contributed by atoms with van der Waals surface area (Å²) in [4.78, 5) is 24.4. The Hall–Kier alpha value is -1.10. The van der Waals surface area contributed by atoms with Gasteiger partial charge in [-0.25, -0.2) is 0 Å². The third-order valence-corrected chi connectivity index (χ3v) is 2.89. The van der Waals surface area contributed by atoms with E-state index in [-0.39, 0.29) is 24.3 Å². The average Bonchev–Trinajstić information content (AvgIpc) is 2.99. The van der Waals surface area contributed by atoms with Crippen LogP contribution in [0.25, 0.3) is 0 Å². The highest BCUT2D eigenvalue weighted by molar-refractivity contribution is 5.90. The second kappa shape index (κ2) is 4.18. The first-order valence-corrected chi connectivity index (χ1v) is 5.14. The Morgan fingerprint density at radius 3 is 2.47 bits per heavy atom. The van der Waals surface area contributed by atoms with Crippen LogP contribution in [0.4, 0.5) is 0 Å². The van der Waals surface area contributed by atoms with E-state index in [2.05, 4.69) is 5.32 Å². The molecule has 0 bridgehead atoms. The van der Waals surface area contributed by atoms with Crippen molar-refractivity contribution in [2.24, 2.45) is 11.7 Å². The molecule has 1 fully saturated rings. The molecule has 1 unspecified atom stereocenters. The highest BCUT2D eigenvalue weighted by atomic mass is 16.2. The molecule has 1 atom stereocenters. The Morgan fingerprint density at radius 1 is 1.53 bits per heavy atom. The summed E-state index contributed by atoms with van der Waals surface area (Å²) in [5.74, 6) is -0.0665. The molecule has 1 saturated carbocycles. The third-order valence-electron chi connectivity index (χ3n) is 2.89. The molecule has 5 heteroatoms. The van der Waals surface area contributed by atoms with E-state index in [1.807, 2.05) is 0 Å². The zero-order valence-electron chi connectivity index (χ0n) is 9.54. The summed E-state index contributed by atoms with van der Waals surface area (Å²) in [6.45, 7) is 1.81. The number of rotatable bonds is 4. The lowest BCUT2D eigenvalue weighted by atomic mass is 9.95. The molecule has 0 aromatic rings. The summed E-state index contributed by atoms with van der Waals surface area (Å²) in [6.07, 6.45) is 2.01. The molecular weight excluding hydrogens is 194 g/mol. The molecule has 15 heavy (non-hydrogen) atoms. The normalized spacial score (nSPS) is 19.2. The Labute approximate surface area is 90.0 Å². The maximum atomic E-state index is 11.9. The van der Waals surface area contributed by atoms with Gasteiger partial charge in [-0.2, -0.15) is 0 Å². The first kappa shape index (κ1) is 12.0. The van der Waals surface area contributed by atoms with E-state index in [9.17, 15) is 9.59 Å². The second-order valence-electron chi connectivity index (χ2n) is 4.39. The van der Waals surface area contributed by atoms with Crippen LogP contribution in [0.1, 0.15) is 19.8 Å². The van der Waals surface area contributed by atoms with E-state index in [0.717, 1.165) is 12.8 Å². The second-order valence-corrected chi connectivity index (χ2v) is 4.39. The van der Waals surface area contributed by atoms with Crippen molar-refractivity contribution >= 4 is 11.8 Å². The number of amides is 2. The number of likely N-dealkylation sites (N-methyl/N-ethyl adjacent to an activating group) is 2. The standard InChI is InChI=1S/C10H19N3O2/c1-10(11,7-4-5-7)9(15)13(3)6-8(14)12-2/h7H,4-6,11H2,1-3H3,(H,12,14). The third kappa shape index (κ3) is 2.68. The highest BCUT2D eigenvalue weighted by Crippen LogP contribution is 2.38. The Morgan fingerprint density at radius 2 is 2.07 bits per heavy atom. The van der Waals surface area contributed by atoms with Gasteiger partial charge >= 0.3 is 0 Å². The van der Waals surface area contributed by atoms with Crippen LogP contribution < -0.4 is 11.1 Å². The van der Waals surface area contributed by atoms with Gasteiger partial charge < -0.3 is 16.0 Å². The molecular formula is C10H19N3O2. The molecule has 3 N–H and O–H groups in total. The zero-order valence-corrected chi connectivity index (χ0v) is 9.54. The summed E-state index contributed by atoms with van der Waals surface area (Å²) < 4.78 is 0.